The Hall–Kier alpha value is -3.98. The molecule has 3 aromatic heterocycles. The summed E-state index contributed by atoms with van der Waals surface area (Å²) in [5.41, 5.74) is 2.93. The van der Waals surface area contributed by atoms with Crippen LogP contribution in [0.5, 0.6) is 0 Å². The van der Waals surface area contributed by atoms with Crippen molar-refractivity contribution in [1.29, 1.82) is 0 Å². The molecule has 2 N–H and O–H groups in total. The molecule has 0 saturated carbocycles. The topological polar surface area (TPSA) is 106 Å². The molecule has 0 aliphatic rings. The van der Waals surface area contributed by atoms with Crippen LogP contribution in [0.1, 0.15) is 20.8 Å². The first-order valence-corrected chi connectivity index (χ1v) is 11.1. The van der Waals surface area contributed by atoms with E-state index in [0.29, 0.717) is 17.4 Å². The van der Waals surface area contributed by atoms with E-state index in [1.54, 1.807) is 17.5 Å². The highest BCUT2D eigenvalue weighted by atomic mass is 32.1. The molecular formula is C24H21N5O3S. The summed E-state index contributed by atoms with van der Waals surface area (Å²) in [6, 6.07) is 17.4. The number of carbonyl (C=O) groups excluding carboxylic acids is 1. The lowest BCUT2D eigenvalue weighted by Crippen LogP contribution is -2.27. The van der Waals surface area contributed by atoms with Gasteiger partial charge in [-0.3, -0.25) is 10.4 Å². The van der Waals surface area contributed by atoms with E-state index in [9.17, 15) is 4.79 Å². The van der Waals surface area contributed by atoms with Gasteiger partial charge in [0.05, 0.1) is 10.6 Å². The van der Waals surface area contributed by atoms with Gasteiger partial charge in [-0.25, -0.2) is 4.79 Å². The number of nitrogens with one attached hydrogen (secondary N) is 2. The standard InChI is InChI=1S/C24H21N5O3S/c1-24(2,3)31-23(30)26-17-8-9-19-16(12-17)13-20(33-19)22-27-21(29-32-22)15-6-4-14(5-7-15)18-10-11-25-28-18/h4-13H,1-3H3,(H,25,28)(H,26,30). The van der Waals surface area contributed by atoms with Crippen molar-refractivity contribution in [2.45, 2.75) is 26.4 Å². The van der Waals surface area contributed by atoms with Crippen molar-refractivity contribution in [3.05, 3.63) is 60.8 Å². The predicted molar refractivity (Wildman–Crippen MR) is 128 cm³/mol. The smallest absolute Gasteiger partial charge is 0.412 e. The number of amides is 1. The average Bonchev–Trinajstić information content (AvgIpc) is 3.51. The van der Waals surface area contributed by atoms with Gasteiger partial charge in [-0.15, -0.1) is 11.3 Å². The number of benzene rings is 2. The van der Waals surface area contributed by atoms with Gasteiger partial charge in [-0.2, -0.15) is 10.1 Å². The van der Waals surface area contributed by atoms with Gasteiger partial charge in [0.2, 0.25) is 5.82 Å². The van der Waals surface area contributed by atoms with E-state index in [-0.39, 0.29) is 0 Å². The van der Waals surface area contributed by atoms with Crippen LogP contribution in [-0.2, 0) is 4.74 Å². The summed E-state index contributed by atoms with van der Waals surface area (Å²) < 4.78 is 11.9. The van der Waals surface area contributed by atoms with Crippen molar-refractivity contribution in [3.63, 3.8) is 0 Å². The van der Waals surface area contributed by atoms with Crippen LogP contribution in [-0.4, -0.2) is 32.0 Å². The van der Waals surface area contributed by atoms with Crippen molar-refractivity contribution >= 4 is 33.2 Å². The summed E-state index contributed by atoms with van der Waals surface area (Å²) in [6.07, 6.45) is 1.23. The van der Waals surface area contributed by atoms with E-state index in [0.717, 1.165) is 31.8 Å². The van der Waals surface area contributed by atoms with Gasteiger partial charge in [0, 0.05) is 22.1 Å². The van der Waals surface area contributed by atoms with E-state index in [1.807, 2.05) is 75.4 Å². The molecule has 166 valence electrons. The van der Waals surface area contributed by atoms with Crippen molar-refractivity contribution in [3.8, 4) is 33.4 Å². The van der Waals surface area contributed by atoms with Gasteiger partial charge in [-0.05, 0) is 62.1 Å². The Balaban J connectivity index is 1.35. The summed E-state index contributed by atoms with van der Waals surface area (Å²) in [6.45, 7) is 5.48. The Morgan fingerprint density at radius 2 is 1.85 bits per heavy atom. The lowest BCUT2D eigenvalue weighted by atomic mass is 10.1. The van der Waals surface area contributed by atoms with Gasteiger partial charge in [0.15, 0.2) is 0 Å². The maximum Gasteiger partial charge on any atom is 0.412 e. The van der Waals surface area contributed by atoms with Crippen molar-refractivity contribution < 1.29 is 14.1 Å². The van der Waals surface area contributed by atoms with E-state index in [2.05, 4.69) is 25.7 Å². The summed E-state index contributed by atoms with van der Waals surface area (Å²) in [5, 5.41) is 14.8. The zero-order chi connectivity index (χ0) is 23.0. The monoisotopic (exact) mass is 459 g/mol. The van der Waals surface area contributed by atoms with Gasteiger partial charge in [-0.1, -0.05) is 29.4 Å². The highest BCUT2D eigenvalue weighted by Crippen LogP contribution is 2.35. The maximum atomic E-state index is 12.0. The quantitative estimate of drug-likeness (QED) is 0.324. The first-order chi connectivity index (χ1) is 15.8. The van der Waals surface area contributed by atoms with Crippen LogP contribution in [0.25, 0.3) is 43.5 Å². The lowest BCUT2D eigenvalue weighted by Gasteiger charge is -2.19. The Morgan fingerprint density at radius 1 is 1.06 bits per heavy atom. The Morgan fingerprint density at radius 3 is 2.58 bits per heavy atom. The first kappa shape index (κ1) is 20.9. The Labute approximate surface area is 193 Å². The molecule has 0 saturated heterocycles. The summed E-state index contributed by atoms with van der Waals surface area (Å²) in [5.74, 6) is 0.969. The largest absolute Gasteiger partial charge is 0.444 e. The van der Waals surface area contributed by atoms with E-state index in [4.69, 9.17) is 9.26 Å². The van der Waals surface area contributed by atoms with Gasteiger partial charge >= 0.3 is 6.09 Å². The van der Waals surface area contributed by atoms with Crippen LogP contribution < -0.4 is 5.32 Å². The number of ether oxygens (including phenoxy) is 1. The SMILES string of the molecule is CC(C)(C)OC(=O)Nc1ccc2sc(-c3nc(-c4ccc(-c5ccn[nH]5)cc4)no3)cc2c1. The molecule has 0 bridgehead atoms. The third-order valence-corrected chi connectivity index (χ3v) is 5.86. The van der Waals surface area contributed by atoms with Crippen molar-refractivity contribution in [2.75, 3.05) is 5.32 Å². The predicted octanol–water partition coefficient (Wildman–Crippen LogP) is 6.36. The molecule has 3 heterocycles. The third-order valence-electron chi connectivity index (χ3n) is 4.75. The lowest BCUT2D eigenvalue weighted by molar-refractivity contribution is 0.0636. The van der Waals surface area contributed by atoms with Crippen LogP contribution in [0.15, 0.2) is 65.3 Å². The van der Waals surface area contributed by atoms with E-state index >= 15 is 0 Å². The summed E-state index contributed by atoms with van der Waals surface area (Å²) in [7, 11) is 0. The van der Waals surface area contributed by atoms with Gasteiger partial charge in [0.25, 0.3) is 5.89 Å². The molecule has 0 fully saturated rings. The number of hydrogen-bond acceptors (Lipinski definition) is 7. The van der Waals surface area contributed by atoms with Crippen molar-refractivity contribution in [2.24, 2.45) is 0 Å². The van der Waals surface area contributed by atoms with Crippen LogP contribution in [0.4, 0.5) is 10.5 Å². The molecule has 2 aromatic carbocycles. The van der Waals surface area contributed by atoms with Crippen LogP contribution in [0.3, 0.4) is 0 Å². The minimum absolute atomic E-state index is 0.450. The van der Waals surface area contributed by atoms with Crippen LogP contribution >= 0.6 is 11.3 Å². The molecule has 5 rings (SSSR count). The Bertz CT molecular complexity index is 1410. The van der Waals surface area contributed by atoms with Crippen molar-refractivity contribution in [1.82, 2.24) is 20.3 Å². The second-order valence-electron chi connectivity index (χ2n) is 8.46. The number of H-pyrrole nitrogens is 1. The summed E-state index contributed by atoms with van der Waals surface area (Å²) in [4.78, 5) is 17.5. The third kappa shape index (κ3) is 4.63. The minimum atomic E-state index is -0.557. The van der Waals surface area contributed by atoms with Gasteiger partial charge in [0.1, 0.15) is 5.60 Å². The van der Waals surface area contributed by atoms with Crippen LogP contribution in [0.2, 0.25) is 0 Å². The fourth-order valence-electron chi connectivity index (χ4n) is 3.30. The molecule has 9 heteroatoms. The second kappa shape index (κ2) is 8.18. The fraction of sp³-hybridized carbons (Fsp3) is 0.167. The molecule has 0 aliphatic heterocycles. The molecule has 0 spiro atoms. The first-order valence-electron chi connectivity index (χ1n) is 10.3. The number of thiophene rings is 1. The van der Waals surface area contributed by atoms with E-state index < -0.39 is 11.7 Å². The maximum absolute atomic E-state index is 12.0. The molecule has 33 heavy (non-hydrogen) atoms. The number of hydrogen-bond donors (Lipinski definition) is 2. The zero-order valence-electron chi connectivity index (χ0n) is 18.2. The molecule has 0 aliphatic carbocycles. The highest BCUT2D eigenvalue weighted by molar-refractivity contribution is 7.22. The fourth-order valence-corrected chi connectivity index (χ4v) is 4.27. The minimum Gasteiger partial charge on any atom is -0.444 e. The van der Waals surface area contributed by atoms with Gasteiger partial charge < -0.3 is 9.26 Å². The number of carbonyl (C=O) groups is 1. The number of rotatable bonds is 4. The average molecular weight is 460 g/mol. The van der Waals surface area contributed by atoms with E-state index in [1.165, 1.54) is 0 Å². The second-order valence-corrected chi connectivity index (χ2v) is 9.54. The zero-order valence-corrected chi connectivity index (χ0v) is 19.1. The molecule has 0 radical (unpaired) electrons. The number of aromatic nitrogens is 4. The number of anilines is 1. The summed E-state index contributed by atoms with van der Waals surface area (Å²) >= 11 is 1.55. The molecule has 8 nitrogen and oxygen atoms in total. The molecule has 0 atom stereocenters. The highest BCUT2D eigenvalue weighted by Gasteiger charge is 2.17. The number of aromatic amines is 1. The molecule has 0 unspecified atom stereocenters. The molecular weight excluding hydrogens is 438 g/mol. The number of nitrogens with zero attached hydrogens (tertiary/aromatic N) is 3. The normalized spacial score (nSPS) is 11.6. The Kier molecular flexibility index (Phi) is 5.18. The van der Waals surface area contributed by atoms with Crippen LogP contribution in [0, 0.1) is 0 Å². The molecule has 1 amide bonds. The molecule has 5 aromatic rings. The number of fused-ring (bicyclic) bond motifs is 1.